The molecule has 8 heteroatoms. The molecule has 7 nitrogen and oxygen atoms in total. The number of nitrogens with one attached hydrogen (secondary N) is 2. The van der Waals surface area contributed by atoms with E-state index >= 15 is 0 Å². The number of hydrogen-bond acceptors (Lipinski definition) is 5. The van der Waals surface area contributed by atoms with E-state index in [-0.39, 0.29) is 30.5 Å². The van der Waals surface area contributed by atoms with Crippen molar-refractivity contribution in [1.82, 2.24) is 25.4 Å². The average Bonchev–Trinajstić information content (AvgIpc) is 3.08. The van der Waals surface area contributed by atoms with Crippen LogP contribution in [0.1, 0.15) is 12.5 Å². The number of benzene rings is 1. The number of ether oxygens (including phenoxy) is 1. The standard InChI is InChI=1S/C15H19N5O2.ClH/c1-11-14(17-6-7-22-11)15(21)18-8-12-2-4-13(5-3-12)20-10-16-9-19-20;/h2-5,9-11,14,17H,6-8H2,1H3,(H,18,21);1H/t11-,14+;/m1./s1. The lowest BCUT2D eigenvalue weighted by molar-refractivity contribution is -0.129. The molecule has 0 radical (unpaired) electrons. The van der Waals surface area contributed by atoms with Crippen LogP contribution in [0.4, 0.5) is 0 Å². The molecular weight excluding hydrogens is 318 g/mol. The molecule has 0 saturated carbocycles. The predicted octanol–water partition coefficient (Wildman–Crippen LogP) is 0.682. The van der Waals surface area contributed by atoms with E-state index in [1.165, 1.54) is 6.33 Å². The van der Waals surface area contributed by atoms with Crippen molar-refractivity contribution in [2.24, 2.45) is 0 Å². The van der Waals surface area contributed by atoms with Gasteiger partial charge in [-0.2, -0.15) is 5.10 Å². The Bertz CT molecular complexity index is 617. The van der Waals surface area contributed by atoms with Crippen molar-refractivity contribution in [3.63, 3.8) is 0 Å². The number of morpholine rings is 1. The third kappa shape index (κ3) is 4.28. The molecule has 1 saturated heterocycles. The number of carbonyl (C=O) groups is 1. The molecule has 1 fully saturated rings. The molecule has 0 unspecified atom stereocenters. The first-order valence-electron chi connectivity index (χ1n) is 7.30. The lowest BCUT2D eigenvalue weighted by Gasteiger charge is -2.29. The van der Waals surface area contributed by atoms with Crippen LogP contribution in [0.3, 0.4) is 0 Å². The van der Waals surface area contributed by atoms with Gasteiger partial charge in [-0.15, -0.1) is 12.4 Å². The van der Waals surface area contributed by atoms with Gasteiger partial charge in [-0.25, -0.2) is 9.67 Å². The maximum atomic E-state index is 12.2. The Labute approximate surface area is 140 Å². The molecule has 1 amide bonds. The third-order valence-corrected chi connectivity index (χ3v) is 3.69. The van der Waals surface area contributed by atoms with Crippen LogP contribution < -0.4 is 10.6 Å². The first kappa shape index (κ1) is 17.4. The number of nitrogens with zero attached hydrogens (tertiary/aromatic N) is 3. The van der Waals surface area contributed by atoms with Crippen molar-refractivity contribution in [3.05, 3.63) is 42.5 Å². The van der Waals surface area contributed by atoms with Gasteiger partial charge >= 0.3 is 0 Å². The van der Waals surface area contributed by atoms with Crippen molar-refractivity contribution < 1.29 is 9.53 Å². The van der Waals surface area contributed by atoms with Crippen LogP contribution in [-0.4, -0.2) is 46.0 Å². The number of aromatic nitrogens is 3. The van der Waals surface area contributed by atoms with E-state index in [1.807, 2.05) is 31.2 Å². The van der Waals surface area contributed by atoms with Gasteiger partial charge in [0, 0.05) is 13.1 Å². The Kier molecular flexibility index (Phi) is 6.09. The lowest BCUT2D eigenvalue weighted by Crippen LogP contribution is -2.55. The van der Waals surface area contributed by atoms with Gasteiger partial charge in [-0.05, 0) is 24.6 Å². The molecule has 1 aliphatic rings. The first-order valence-corrected chi connectivity index (χ1v) is 7.30. The van der Waals surface area contributed by atoms with E-state index < -0.39 is 0 Å². The highest BCUT2D eigenvalue weighted by molar-refractivity contribution is 5.85. The Morgan fingerprint density at radius 3 is 2.87 bits per heavy atom. The van der Waals surface area contributed by atoms with Crippen molar-refractivity contribution in [3.8, 4) is 5.69 Å². The van der Waals surface area contributed by atoms with Crippen LogP contribution in [0.2, 0.25) is 0 Å². The van der Waals surface area contributed by atoms with Gasteiger partial charge in [0.25, 0.3) is 0 Å². The Hall–Kier alpha value is -1.96. The molecule has 0 spiro atoms. The summed E-state index contributed by atoms with van der Waals surface area (Å²) in [5.41, 5.74) is 1.96. The number of carbonyl (C=O) groups excluding carboxylic acids is 1. The fourth-order valence-corrected chi connectivity index (χ4v) is 2.43. The number of hydrogen-bond donors (Lipinski definition) is 2. The number of rotatable bonds is 4. The van der Waals surface area contributed by atoms with Crippen LogP contribution in [0, 0.1) is 0 Å². The van der Waals surface area contributed by atoms with Gasteiger partial charge < -0.3 is 15.4 Å². The van der Waals surface area contributed by atoms with Gasteiger partial charge in [0.1, 0.15) is 18.7 Å². The van der Waals surface area contributed by atoms with Crippen molar-refractivity contribution in [1.29, 1.82) is 0 Å². The van der Waals surface area contributed by atoms with E-state index in [9.17, 15) is 4.79 Å². The zero-order valence-corrected chi connectivity index (χ0v) is 13.6. The van der Waals surface area contributed by atoms with Gasteiger partial charge in [0.15, 0.2) is 0 Å². The molecule has 2 heterocycles. The number of amides is 1. The highest BCUT2D eigenvalue weighted by atomic mass is 35.5. The van der Waals surface area contributed by atoms with Crippen LogP contribution in [0.5, 0.6) is 0 Å². The fraction of sp³-hybridized carbons (Fsp3) is 0.400. The van der Waals surface area contributed by atoms with E-state index in [0.717, 1.165) is 11.3 Å². The molecule has 124 valence electrons. The Morgan fingerprint density at radius 1 is 1.43 bits per heavy atom. The SMILES string of the molecule is C[C@H]1OCCN[C@@H]1C(=O)NCc1ccc(-n2cncn2)cc1.Cl. The molecular formula is C15H20ClN5O2. The summed E-state index contributed by atoms with van der Waals surface area (Å²) < 4.78 is 7.17. The van der Waals surface area contributed by atoms with Crippen molar-refractivity contribution >= 4 is 18.3 Å². The van der Waals surface area contributed by atoms with E-state index in [1.54, 1.807) is 11.0 Å². The van der Waals surface area contributed by atoms with Crippen LogP contribution in [0.15, 0.2) is 36.9 Å². The summed E-state index contributed by atoms with van der Waals surface area (Å²) in [7, 11) is 0. The molecule has 1 aromatic heterocycles. The second-order valence-electron chi connectivity index (χ2n) is 5.23. The van der Waals surface area contributed by atoms with Gasteiger partial charge in [-0.3, -0.25) is 4.79 Å². The largest absolute Gasteiger partial charge is 0.375 e. The van der Waals surface area contributed by atoms with Crippen molar-refractivity contribution in [2.45, 2.75) is 25.6 Å². The highest BCUT2D eigenvalue weighted by Gasteiger charge is 2.27. The van der Waals surface area contributed by atoms with E-state index in [4.69, 9.17) is 4.74 Å². The molecule has 2 aromatic rings. The highest BCUT2D eigenvalue weighted by Crippen LogP contribution is 2.09. The maximum absolute atomic E-state index is 12.2. The summed E-state index contributed by atoms with van der Waals surface area (Å²) in [6.07, 6.45) is 3.03. The van der Waals surface area contributed by atoms with Crippen LogP contribution in [-0.2, 0) is 16.1 Å². The van der Waals surface area contributed by atoms with Gasteiger partial charge in [-0.1, -0.05) is 12.1 Å². The van der Waals surface area contributed by atoms with Gasteiger partial charge in [0.05, 0.1) is 18.4 Å². The molecule has 0 aliphatic carbocycles. The summed E-state index contributed by atoms with van der Waals surface area (Å²) in [4.78, 5) is 16.1. The topological polar surface area (TPSA) is 81.1 Å². The molecule has 23 heavy (non-hydrogen) atoms. The minimum Gasteiger partial charge on any atom is -0.375 e. The average molecular weight is 338 g/mol. The van der Waals surface area contributed by atoms with E-state index in [0.29, 0.717) is 19.7 Å². The molecule has 2 N–H and O–H groups in total. The molecule has 1 aromatic carbocycles. The lowest BCUT2D eigenvalue weighted by atomic mass is 10.1. The summed E-state index contributed by atoms with van der Waals surface area (Å²) in [6, 6.07) is 7.53. The molecule has 1 aliphatic heterocycles. The van der Waals surface area contributed by atoms with Crippen LogP contribution in [0.25, 0.3) is 5.69 Å². The summed E-state index contributed by atoms with van der Waals surface area (Å²) >= 11 is 0. The third-order valence-electron chi connectivity index (χ3n) is 3.69. The Morgan fingerprint density at radius 2 is 2.22 bits per heavy atom. The smallest absolute Gasteiger partial charge is 0.240 e. The zero-order chi connectivity index (χ0) is 15.4. The quantitative estimate of drug-likeness (QED) is 0.857. The molecule has 2 atom stereocenters. The zero-order valence-electron chi connectivity index (χ0n) is 12.8. The Balaban J connectivity index is 0.00000192. The maximum Gasteiger partial charge on any atom is 0.240 e. The van der Waals surface area contributed by atoms with Crippen LogP contribution >= 0.6 is 12.4 Å². The normalized spacial score (nSPS) is 20.6. The van der Waals surface area contributed by atoms with E-state index in [2.05, 4.69) is 20.7 Å². The van der Waals surface area contributed by atoms with Crippen molar-refractivity contribution in [2.75, 3.05) is 13.2 Å². The molecule has 3 rings (SSSR count). The number of halogens is 1. The summed E-state index contributed by atoms with van der Waals surface area (Å²) in [5, 5.41) is 10.2. The minimum absolute atomic E-state index is 0. The predicted molar refractivity (Wildman–Crippen MR) is 87.7 cm³/mol. The monoisotopic (exact) mass is 337 g/mol. The molecule has 0 bridgehead atoms. The first-order chi connectivity index (χ1) is 10.7. The van der Waals surface area contributed by atoms with Gasteiger partial charge in [0.2, 0.25) is 5.91 Å². The second-order valence-corrected chi connectivity index (χ2v) is 5.23. The second kappa shape index (κ2) is 8.05. The summed E-state index contributed by atoms with van der Waals surface area (Å²) in [6.45, 7) is 3.74. The summed E-state index contributed by atoms with van der Waals surface area (Å²) in [5.74, 6) is -0.0347. The fourth-order valence-electron chi connectivity index (χ4n) is 2.43. The minimum atomic E-state index is -0.289.